The number of rotatable bonds is 5. The molecule has 6 heteroatoms. The van der Waals surface area contributed by atoms with E-state index < -0.39 is 0 Å². The number of nitrogen functional groups attached to an aromatic ring is 1. The number of anilines is 2. The van der Waals surface area contributed by atoms with Gasteiger partial charge >= 0.3 is 0 Å². The lowest BCUT2D eigenvalue weighted by Gasteiger charge is -2.13. The van der Waals surface area contributed by atoms with Gasteiger partial charge < -0.3 is 11.1 Å². The lowest BCUT2D eigenvalue weighted by Crippen LogP contribution is -2.18. The zero-order valence-electron chi connectivity index (χ0n) is 11.2. The minimum absolute atomic E-state index is 0.227. The molecule has 1 atom stereocenters. The van der Waals surface area contributed by atoms with E-state index in [9.17, 15) is 0 Å². The molecule has 3 N–H and O–H groups in total. The summed E-state index contributed by atoms with van der Waals surface area (Å²) >= 11 is 0. The summed E-state index contributed by atoms with van der Waals surface area (Å²) in [6, 6.07) is 6.31. The molecule has 0 aliphatic carbocycles. The van der Waals surface area contributed by atoms with Gasteiger partial charge in [-0.25, -0.2) is 9.97 Å². The maximum atomic E-state index is 5.50. The van der Waals surface area contributed by atoms with Gasteiger partial charge in [0.05, 0.1) is 0 Å². The van der Waals surface area contributed by atoms with Crippen molar-refractivity contribution in [3.05, 3.63) is 35.9 Å². The van der Waals surface area contributed by atoms with Crippen molar-refractivity contribution in [3.8, 4) is 0 Å². The summed E-state index contributed by atoms with van der Waals surface area (Å²) in [4.78, 5) is 16.3. The van der Waals surface area contributed by atoms with Gasteiger partial charge in [-0.1, -0.05) is 6.07 Å². The molecule has 0 saturated carbocycles. The predicted molar refractivity (Wildman–Crippen MR) is 74.6 cm³/mol. The lowest BCUT2D eigenvalue weighted by molar-refractivity contribution is 0.687. The Morgan fingerprint density at radius 3 is 2.84 bits per heavy atom. The number of pyridine rings is 1. The Kier molecular flexibility index (Phi) is 4.22. The molecule has 0 aliphatic heterocycles. The van der Waals surface area contributed by atoms with Crippen LogP contribution < -0.4 is 11.1 Å². The first kappa shape index (κ1) is 13.2. The summed E-state index contributed by atoms with van der Waals surface area (Å²) in [6.45, 7) is 4.08. The number of hydrogen-bond acceptors (Lipinski definition) is 6. The number of nitrogens with two attached hydrogens (primary N) is 1. The summed E-state index contributed by atoms with van der Waals surface area (Å²) in [6.07, 6.45) is 3.26. The first-order chi connectivity index (χ1) is 9.13. The van der Waals surface area contributed by atoms with Crippen molar-refractivity contribution in [1.29, 1.82) is 0 Å². The Hall–Kier alpha value is -2.24. The second-order valence-corrected chi connectivity index (χ2v) is 4.52. The van der Waals surface area contributed by atoms with Crippen molar-refractivity contribution in [1.82, 2.24) is 19.9 Å². The number of hydrogen-bond donors (Lipinski definition) is 2. The molecule has 2 aromatic rings. The van der Waals surface area contributed by atoms with E-state index >= 15 is 0 Å². The van der Waals surface area contributed by atoms with Gasteiger partial charge in [0.25, 0.3) is 0 Å². The van der Waals surface area contributed by atoms with Gasteiger partial charge in [0.1, 0.15) is 6.33 Å². The largest absolute Gasteiger partial charge is 0.368 e. The quantitative estimate of drug-likeness (QED) is 0.846. The van der Waals surface area contributed by atoms with Gasteiger partial charge in [-0.15, -0.1) is 0 Å². The standard InChI is InChI=1S/C13H18N6/c1-9-4-3-5-11(17-9)7-6-10(2)18-13-16-8-15-12(14)19-13/h3-5,8,10H,6-7H2,1-2H3,(H3,14,15,16,18,19). The zero-order valence-corrected chi connectivity index (χ0v) is 11.2. The average Bonchev–Trinajstić information content (AvgIpc) is 2.36. The minimum Gasteiger partial charge on any atom is -0.368 e. The summed E-state index contributed by atoms with van der Waals surface area (Å²) < 4.78 is 0. The highest BCUT2D eigenvalue weighted by atomic mass is 15.2. The van der Waals surface area contributed by atoms with Crippen molar-refractivity contribution in [2.75, 3.05) is 11.1 Å². The lowest BCUT2D eigenvalue weighted by atomic mass is 10.1. The van der Waals surface area contributed by atoms with E-state index in [1.165, 1.54) is 6.33 Å². The molecular formula is C13H18N6. The highest BCUT2D eigenvalue weighted by Crippen LogP contribution is 2.07. The highest BCUT2D eigenvalue weighted by molar-refractivity contribution is 5.29. The van der Waals surface area contributed by atoms with Gasteiger partial charge in [0.15, 0.2) is 0 Å². The fraction of sp³-hybridized carbons (Fsp3) is 0.385. The van der Waals surface area contributed by atoms with E-state index in [1.807, 2.05) is 25.1 Å². The minimum atomic E-state index is 0.227. The fourth-order valence-electron chi connectivity index (χ4n) is 1.77. The van der Waals surface area contributed by atoms with Crippen LogP contribution in [0.2, 0.25) is 0 Å². The third-order valence-electron chi connectivity index (χ3n) is 2.75. The Balaban J connectivity index is 1.86. The monoisotopic (exact) mass is 258 g/mol. The van der Waals surface area contributed by atoms with E-state index in [1.54, 1.807) is 0 Å². The van der Waals surface area contributed by atoms with Crippen LogP contribution in [0.4, 0.5) is 11.9 Å². The molecule has 0 amide bonds. The second kappa shape index (κ2) is 6.08. The van der Waals surface area contributed by atoms with Gasteiger partial charge in [0.2, 0.25) is 11.9 Å². The maximum absolute atomic E-state index is 5.50. The van der Waals surface area contributed by atoms with Crippen LogP contribution in [-0.4, -0.2) is 26.0 Å². The first-order valence-corrected chi connectivity index (χ1v) is 6.27. The van der Waals surface area contributed by atoms with Crippen molar-refractivity contribution in [2.24, 2.45) is 0 Å². The van der Waals surface area contributed by atoms with E-state index in [2.05, 4.69) is 32.2 Å². The number of aromatic nitrogens is 4. The highest BCUT2D eigenvalue weighted by Gasteiger charge is 2.06. The van der Waals surface area contributed by atoms with Gasteiger partial charge in [-0.3, -0.25) is 4.98 Å². The van der Waals surface area contributed by atoms with E-state index in [0.717, 1.165) is 24.2 Å². The molecule has 0 radical (unpaired) electrons. The van der Waals surface area contributed by atoms with Crippen LogP contribution in [0.15, 0.2) is 24.5 Å². The smallest absolute Gasteiger partial charge is 0.227 e. The number of aryl methyl sites for hydroxylation is 2. The molecule has 1 unspecified atom stereocenters. The Morgan fingerprint density at radius 2 is 2.11 bits per heavy atom. The summed E-state index contributed by atoms with van der Waals surface area (Å²) in [5, 5.41) is 3.20. The summed E-state index contributed by atoms with van der Waals surface area (Å²) in [5.41, 5.74) is 7.65. The summed E-state index contributed by atoms with van der Waals surface area (Å²) in [7, 11) is 0. The van der Waals surface area contributed by atoms with E-state index in [4.69, 9.17) is 5.73 Å². The van der Waals surface area contributed by atoms with E-state index in [-0.39, 0.29) is 12.0 Å². The zero-order chi connectivity index (χ0) is 13.7. The third kappa shape index (κ3) is 4.17. The second-order valence-electron chi connectivity index (χ2n) is 4.52. The third-order valence-corrected chi connectivity index (χ3v) is 2.75. The number of nitrogens with one attached hydrogen (secondary N) is 1. The van der Waals surface area contributed by atoms with E-state index in [0.29, 0.717) is 5.95 Å². The van der Waals surface area contributed by atoms with Crippen LogP contribution in [0.5, 0.6) is 0 Å². The van der Waals surface area contributed by atoms with Gasteiger partial charge in [-0.05, 0) is 38.8 Å². The topological polar surface area (TPSA) is 89.6 Å². The van der Waals surface area contributed by atoms with Crippen LogP contribution in [-0.2, 0) is 6.42 Å². The Morgan fingerprint density at radius 1 is 1.26 bits per heavy atom. The van der Waals surface area contributed by atoms with Crippen LogP contribution in [0, 0.1) is 6.92 Å². The van der Waals surface area contributed by atoms with Gasteiger partial charge in [0, 0.05) is 17.4 Å². The molecule has 0 aliphatic rings. The fourth-order valence-corrected chi connectivity index (χ4v) is 1.77. The molecule has 19 heavy (non-hydrogen) atoms. The first-order valence-electron chi connectivity index (χ1n) is 6.27. The van der Waals surface area contributed by atoms with Crippen molar-refractivity contribution in [3.63, 3.8) is 0 Å². The molecule has 0 aromatic carbocycles. The molecule has 0 bridgehead atoms. The SMILES string of the molecule is Cc1cccc(CCC(C)Nc2ncnc(N)n2)n1. The Labute approximate surface area is 112 Å². The van der Waals surface area contributed by atoms with Crippen molar-refractivity contribution in [2.45, 2.75) is 32.7 Å². The normalized spacial score (nSPS) is 12.1. The summed E-state index contributed by atoms with van der Waals surface area (Å²) in [5.74, 6) is 0.738. The molecular weight excluding hydrogens is 240 g/mol. The molecule has 0 fully saturated rings. The molecule has 2 rings (SSSR count). The van der Waals surface area contributed by atoms with Crippen molar-refractivity contribution >= 4 is 11.9 Å². The molecule has 0 saturated heterocycles. The number of nitrogens with zero attached hydrogens (tertiary/aromatic N) is 4. The molecule has 6 nitrogen and oxygen atoms in total. The average molecular weight is 258 g/mol. The Bertz CT molecular complexity index is 542. The van der Waals surface area contributed by atoms with Gasteiger partial charge in [-0.2, -0.15) is 4.98 Å². The van der Waals surface area contributed by atoms with Crippen LogP contribution >= 0.6 is 0 Å². The molecule has 2 heterocycles. The predicted octanol–water partition coefficient (Wildman–Crippen LogP) is 1.59. The molecule has 2 aromatic heterocycles. The van der Waals surface area contributed by atoms with Crippen molar-refractivity contribution < 1.29 is 0 Å². The van der Waals surface area contributed by atoms with Crippen LogP contribution in [0.25, 0.3) is 0 Å². The van der Waals surface area contributed by atoms with Crippen LogP contribution in [0.1, 0.15) is 24.7 Å². The molecule has 0 spiro atoms. The maximum Gasteiger partial charge on any atom is 0.227 e. The molecule has 100 valence electrons. The van der Waals surface area contributed by atoms with Crippen LogP contribution in [0.3, 0.4) is 0 Å².